The summed E-state index contributed by atoms with van der Waals surface area (Å²) in [7, 11) is 0. The average Bonchev–Trinajstić information content (AvgIpc) is 2.29. The molecule has 0 N–H and O–H groups in total. The van der Waals surface area contributed by atoms with E-state index in [1.807, 2.05) is 6.08 Å². The number of nitrogens with zero attached hydrogens (tertiary/aromatic N) is 1. The summed E-state index contributed by atoms with van der Waals surface area (Å²) in [5.74, 6) is 0. The zero-order chi connectivity index (χ0) is 10.8. The molecule has 0 spiro atoms. The molecule has 15 heavy (non-hydrogen) atoms. The van der Waals surface area contributed by atoms with Crippen LogP contribution in [0, 0.1) is 11.3 Å². The molecule has 1 unspecified atom stereocenters. The molecular weight excluding hydrogens is 190 g/mol. The molecule has 1 fully saturated rings. The lowest BCUT2D eigenvalue weighted by atomic mass is 10.2. The van der Waals surface area contributed by atoms with Crippen molar-refractivity contribution in [2.45, 2.75) is 44.8 Å². The maximum absolute atomic E-state index is 8.32. The Labute approximate surface area is 91.7 Å². The first-order valence-electron chi connectivity index (χ1n) is 5.68. The van der Waals surface area contributed by atoms with Gasteiger partial charge in [-0.15, -0.1) is 0 Å². The van der Waals surface area contributed by atoms with E-state index in [1.54, 1.807) is 0 Å². The molecule has 1 heterocycles. The van der Waals surface area contributed by atoms with E-state index >= 15 is 0 Å². The predicted octanol–water partition coefficient (Wildman–Crippen LogP) is 2.78. The standard InChI is InChI=1S/C12H19NO2/c13-9-5-2-1-3-6-10-14-12-8-4-7-11-15-12/h3,6,12H,1-2,4-5,7-8,10-11H2/b6-3+. The van der Waals surface area contributed by atoms with E-state index in [4.69, 9.17) is 14.7 Å². The summed E-state index contributed by atoms with van der Waals surface area (Å²) in [5, 5.41) is 8.32. The van der Waals surface area contributed by atoms with Crippen molar-refractivity contribution >= 4 is 0 Å². The molecule has 0 aliphatic carbocycles. The van der Waals surface area contributed by atoms with E-state index < -0.39 is 0 Å². The van der Waals surface area contributed by atoms with E-state index in [1.165, 1.54) is 6.42 Å². The van der Waals surface area contributed by atoms with Gasteiger partial charge >= 0.3 is 0 Å². The van der Waals surface area contributed by atoms with Crippen molar-refractivity contribution in [3.8, 4) is 6.07 Å². The van der Waals surface area contributed by atoms with Gasteiger partial charge in [-0.25, -0.2) is 0 Å². The van der Waals surface area contributed by atoms with Gasteiger partial charge in [0.1, 0.15) is 0 Å². The number of hydrogen-bond donors (Lipinski definition) is 0. The normalized spacial score (nSPS) is 21.7. The lowest BCUT2D eigenvalue weighted by Crippen LogP contribution is -2.22. The largest absolute Gasteiger partial charge is 0.353 e. The Morgan fingerprint density at radius 1 is 1.40 bits per heavy atom. The molecule has 3 nitrogen and oxygen atoms in total. The molecule has 1 rings (SSSR count). The van der Waals surface area contributed by atoms with Gasteiger partial charge in [0.25, 0.3) is 0 Å². The fourth-order valence-corrected chi connectivity index (χ4v) is 1.49. The van der Waals surface area contributed by atoms with E-state index in [0.717, 1.165) is 32.3 Å². The smallest absolute Gasteiger partial charge is 0.157 e. The van der Waals surface area contributed by atoms with Crippen molar-refractivity contribution in [3.63, 3.8) is 0 Å². The Bertz CT molecular complexity index is 214. The summed E-state index contributed by atoms with van der Waals surface area (Å²) in [6.45, 7) is 1.45. The van der Waals surface area contributed by atoms with Crippen LogP contribution in [0.5, 0.6) is 0 Å². The minimum absolute atomic E-state index is 0.00232. The van der Waals surface area contributed by atoms with Crippen molar-refractivity contribution in [2.75, 3.05) is 13.2 Å². The third-order valence-electron chi connectivity index (χ3n) is 2.34. The van der Waals surface area contributed by atoms with Crippen LogP contribution in [0.2, 0.25) is 0 Å². The lowest BCUT2D eigenvalue weighted by molar-refractivity contribution is -0.155. The number of ether oxygens (including phenoxy) is 2. The molecule has 0 aromatic carbocycles. The van der Waals surface area contributed by atoms with Crippen LogP contribution in [0.25, 0.3) is 0 Å². The van der Waals surface area contributed by atoms with Crippen molar-refractivity contribution in [3.05, 3.63) is 12.2 Å². The monoisotopic (exact) mass is 209 g/mol. The van der Waals surface area contributed by atoms with E-state index in [0.29, 0.717) is 13.0 Å². The van der Waals surface area contributed by atoms with Gasteiger partial charge in [-0.2, -0.15) is 5.26 Å². The van der Waals surface area contributed by atoms with Gasteiger partial charge in [-0.1, -0.05) is 12.2 Å². The number of rotatable bonds is 6. The first-order valence-corrected chi connectivity index (χ1v) is 5.68. The molecule has 0 radical (unpaired) electrons. The Hall–Kier alpha value is -0.850. The second-order valence-electron chi connectivity index (χ2n) is 3.65. The van der Waals surface area contributed by atoms with Crippen molar-refractivity contribution in [2.24, 2.45) is 0 Å². The molecule has 0 saturated carbocycles. The van der Waals surface area contributed by atoms with Gasteiger partial charge in [0.05, 0.1) is 12.7 Å². The molecule has 1 aliphatic heterocycles. The Morgan fingerprint density at radius 2 is 2.33 bits per heavy atom. The maximum atomic E-state index is 8.32. The van der Waals surface area contributed by atoms with Crippen molar-refractivity contribution in [1.29, 1.82) is 5.26 Å². The molecule has 0 aromatic rings. The minimum atomic E-state index is 0.00232. The average molecular weight is 209 g/mol. The maximum Gasteiger partial charge on any atom is 0.157 e. The summed E-state index contributed by atoms with van der Waals surface area (Å²) >= 11 is 0. The molecule has 84 valence electrons. The van der Waals surface area contributed by atoms with Gasteiger partial charge in [-0.05, 0) is 32.1 Å². The SMILES string of the molecule is N#CCCC/C=C/COC1CCCCO1. The number of unbranched alkanes of at least 4 members (excludes halogenated alkanes) is 2. The summed E-state index contributed by atoms with van der Waals surface area (Å²) in [4.78, 5) is 0. The fraction of sp³-hybridized carbons (Fsp3) is 0.750. The molecule has 0 amide bonds. The molecule has 0 aromatic heterocycles. The molecule has 1 aliphatic rings. The molecule has 3 heteroatoms. The first kappa shape index (κ1) is 12.2. The number of hydrogen-bond acceptors (Lipinski definition) is 3. The zero-order valence-electron chi connectivity index (χ0n) is 9.15. The minimum Gasteiger partial charge on any atom is -0.353 e. The van der Waals surface area contributed by atoms with E-state index in [9.17, 15) is 0 Å². The summed E-state index contributed by atoms with van der Waals surface area (Å²) in [5.41, 5.74) is 0. The van der Waals surface area contributed by atoms with Crippen LogP contribution in [0.4, 0.5) is 0 Å². The fourth-order valence-electron chi connectivity index (χ4n) is 1.49. The summed E-state index contributed by atoms with van der Waals surface area (Å²) < 4.78 is 10.9. The number of allylic oxidation sites excluding steroid dienone is 1. The van der Waals surface area contributed by atoms with Crippen LogP contribution in [0.1, 0.15) is 38.5 Å². The second-order valence-corrected chi connectivity index (χ2v) is 3.65. The van der Waals surface area contributed by atoms with Crippen LogP contribution in [0.15, 0.2) is 12.2 Å². The van der Waals surface area contributed by atoms with Crippen LogP contribution in [0.3, 0.4) is 0 Å². The third-order valence-corrected chi connectivity index (χ3v) is 2.34. The lowest BCUT2D eigenvalue weighted by Gasteiger charge is -2.21. The van der Waals surface area contributed by atoms with Crippen molar-refractivity contribution < 1.29 is 9.47 Å². The quantitative estimate of drug-likeness (QED) is 0.499. The van der Waals surface area contributed by atoms with Gasteiger partial charge < -0.3 is 9.47 Å². The first-order chi connectivity index (χ1) is 7.43. The highest BCUT2D eigenvalue weighted by Gasteiger charge is 2.12. The Kier molecular flexibility index (Phi) is 6.89. The van der Waals surface area contributed by atoms with Gasteiger partial charge in [0.15, 0.2) is 6.29 Å². The summed E-state index contributed by atoms with van der Waals surface area (Å²) in [6.07, 6.45) is 9.99. The van der Waals surface area contributed by atoms with E-state index in [-0.39, 0.29) is 6.29 Å². The van der Waals surface area contributed by atoms with Gasteiger partial charge in [-0.3, -0.25) is 0 Å². The molecule has 1 saturated heterocycles. The highest BCUT2D eigenvalue weighted by molar-refractivity contribution is 4.83. The Balaban J connectivity index is 1.93. The molecule has 1 atom stereocenters. The van der Waals surface area contributed by atoms with Gasteiger partial charge in [0, 0.05) is 13.0 Å². The predicted molar refractivity (Wildman–Crippen MR) is 58.1 cm³/mol. The van der Waals surface area contributed by atoms with Crippen LogP contribution >= 0.6 is 0 Å². The van der Waals surface area contributed by atoms with Gasteiger partial charge in [0.2, 0.25) is 0 Å². The third kappa shape index (κ3) is 6.27. The molecule has 0 bridgehead atoms. The van der Waals surface area contributed by atoms with Crippen LogP contribution < -0.4 is 0 Å². The number of nitriles is 1. The van der Waals surface area contributed by atoms with E-state index in [2.05, 4.69) is 12.1 Å². The summed E-state index contributed by atoms with van der Waals surface area (Å²) in [6, 6.07) is 2.13. The Morgan fingerprint density at radius 3 is 3.07 bits per heavy atom. The molecular formula is C12H19NO2. The van der Waals surface area contributed by atoms with Crippen molar-refractivity contribution in [1.82, 2.24) is 0 Å². The highest BCUT2D eigenvalue weighted by atomic mass is 16.7. The topological polar surface area (TPSA) is 42.2 Å². The van der Waals surface area contributed by atoms with Crippen LogP contribution in [-0.2, 0) is 9.47 Å². The highest BCUT2D eigenvalue weighted by Crippen LogP contribution is 2.13. The second kappa shape index (κ2) is 8.46. The zero-order valence-corrected chi connectivity index (χ0v) is 9.15. The van der Waals surface area contributed by atoms with Crippen LogP contribution in [-0.4, -0.2) is 19.5 Å².